The number of benzene rings is 2. The van der Waals surface area contributed by atoms with Crippen LogP contribution in [0.1, 0.15) is 16.6 Å². The fourth-order valence-corrected chi connectivity index (χ4v) is 6.04. The van der Waals surface area contributed by atoms with E-state index in [1.165, 1.54) is 20.9 Å². The van der Waals surface area contributed by atoms with Crippen molar-refractivity contribution in [3.05, 3.63) is 63.5 Å². The van der Waals surface area contributed by atoms with Crippen LogP contribution >= 0.6 is 45.9 Å². The molecule has 1 N–H and O–H groups in total. The Labute approximate surface area is 185 Å². The van der Waals surface area contributed by atoms with Crippen molar-refractivity contribution in [3.63, 3.8) is 0 Å². The summed E-state index contributed by atoms with van der Waals surface area (Å²) in [7, 11) is 0. The number of amides is 2. The molecule has 0 saturated heterocycles. The van der Waals surface area contributed by atoms with Gasteiger partial charge in [-0.1, -0.05) is 47.5 Å². The van der Waals surface area contributed by atoms with Crippen molar-refractivity contribution in [1.82, 2.24) is 4.90 Å². The van der Waals surface area contributed by atoms with Crippen molar-refractivity contribution >= 4 is 82.9 Å². The Hall–Kier alpha value is -2.12. The van der Waals surface area contributed by atoms with E-state index in [1.54, 1.807) is 29.5 Å². The topological polar surface area (TPSA) is 49.4 Å². The average molecular weight is 463 g/mol. The Morgan fingerprint density at radius 1 is 1.00 bits per heavy atom. The van der Waals surface area contributed by atoms with E-state index in [0.29, 0.717) is 27.2 Å². The highest BCUT2D eigenvalue weighted by molar-refractivity contribution is 7.33. The van der Waals surface area contributed by atoms with Gasteiger partial charge in [0.05, 0.1) is 25.3 Å². The Morgan fingerprint density at radius 2 is 1.72 bits per heavy atom. The van der Waals surface area contributed by atoms with Gasteiger partial charge in [0.25, 0.3) is 5.91 Å². The molecule has 0 atom stereocenters. The number of rotatable bonds is 5. The number of nitrogens with zero attached hydrogens (tertiary/aromatic N) is 1. The first-order chi connectivity index (χ1) is 14.0. The van der Waals surface area contributed by atoms with Gasteiger partial charge < -0.3 is 10.2 Å². The maximum atomic E-state index is 13.0. The van der Waals surface area contributed by atoms with Crippen molar-refractivity contribution in [2.24, 2.45) is 0 Å². The molecular weight excluding hydrogens is 447 g/mol. The van der Waals surface area contributed by atoms with Gasteiger partial charge in [0, 0.05) is 21.3 Å². The number of carbonyl (C=O) groups is 2. The molecule has 0 bridgehead atoms. The lowest BCUT2D eigenvalue weighted by atomic mass is 10.2. The van der Waals surface area contributed by atoms with Gasteiger partial charge in [-0.05, 0) is 31.2 Å². The van der Waals surface area contributed by atoms with Gasteiger partial charge in [-0.15, -0.1) is 22.7 Å². The molecule has 2 aromatic carbocycles. The Morgan fingerprint density at radius 3 is 2.45 bits per heavy atom. The van der Waals surface area contributed by atoms with Crippen molar-refractivity contribution in [2.75, 3.05) is 18.4 Å². The van der Waals surface area contributed by atoms with Crippen LogP contribution in [0.2, 0.25) is 10.0 Å². The first kappa shape index (κ1) is 20.2. The van der Waals surface area contributed by atoms with Crippen LogP contribution in [0.5, 0.6) is 0 Å². The molecule has 2 aromatic heterocycles. The molecule has 4 nitrogen and oxygen atoms in total. The summed E-state index contributed by atoms with van der Waals surface area (Å²) in [5.74, 6) is -0.510. The van der Waals surface area contributed by atoms with E-state index in [0.717, 1.165) is 14.8 Å². The van der Waals surface area contributed by atoms with Crippen molar-refractivity contribution in [1.29, 1.82) is 0 Å². The SMILES string of the molecule is CCN(CC(=O)Nc1c(Cl)cccc1Cl)C(=O)c1cc2sc3ccccc3c2s1. The van der Waals surface area contributed by atoms with Gasteiger partial charge in [0.1, 0.15) is 6.54 Å². The summed E-state index contributed by atoms with van der Waals surface area (Å²) >= 11 is 15.3. The van der Waals surface area contributed by atoms with E-state index in [9.17, 15) is 9.59 Å². The molecule has 2 heterocycles. The molecule has 2 amide bonds. The van der Waals surface area contributed by atoms with E-state index in [2.05, 4.69) is 17.4 Å². The highest BCUT2D eigenvalue weighted by atomic mass is 35.5. The molecule has 4 rings (SSSR count). The number of anilines is 1. The lowest BCUT2D eigenvalue weighted by Crippen LogP contribution is -2.37. The van der Waals surface area contributed by atoms with Crippen LogP contribution in [0.4, 0.5) is 5.69 Å². The van der Waals surface area contributed by atoms with Crippen LogP contribution in [0.15, 0.2) is 48.5 Å². The van der Waals surface area contributed by atoms with Crippen LogP contribution in [-0.4, -0.2) is 29.8 Å². The second kappa shape index (κ2) is 8.32. The summed E-state index contributed by atoms with van der Waals surface area (Å²) in [4.78, 5) is 27.7. The van der Waals surface area contributed by atoms with Gasteiger partial charge >= 0.3 is 0 Å². The van der Waals surface area contributed by atoms with Crippen LogP contribution in [0.25, 0.3) is 19.5 Å². The van der Waals surface area contributed by atoms with E-state index < -0.39 is 0 Å². The number of para-hydroxylation sites is 1. The Balaban J connectivity index is 1.53. The molecule has 0 radical (unpaired) electrons. The maximum Gasteiger partial charge on any atom is 0.264 e. The number of halogens is 2. The van der Waals surface area contributed by atoms with Gasteiger partial charge in [-0.3, -0.25) is 9.59 Å². The monoisotopic (exact) mass is 462 g/mol. The lowest BCUT2D eigenvalue weighted by molar-refractivity contribution is -0.116. The maximum absolute atomic E-state index is 13.0. The van der Waals surface area contributed by atoms with Crippen LogP contribution in [0.3, 0.4) is 0 Å². The fraction of sp³-hybridized carbons (Fsp3) is 0.143. The van der Waals surface area contributed by atoms with Crippen LogP contribution in [0, 0.1) is 0 Å². The predicted molar refractivity (Wildman–Crippen MR) is 124 cm³/mol. The standard InChI is InChI=1S/C21H16Cl2N2O2S2/c1-2-25(11-18(26)24-19-13(22)7-5-8-14(19)23)21(27)17-10-16-20(29-17)12-6-3-4-9-15(12)28-16/h3-10H,2,11H2,1H3,(H,24,26). The van der Waals surface area contributed by atoms with E-state index >= 15 is 0 Å². The number of hydrogen-bond donors (Lipinski definition) is 1. The van der Waals surface area contributed by atoms with Gasteiger partial charge in [0.15, 0.2) is 0 Å². The molecule has 8 heteroatoms. The molecule has 29 heavy (non-hydrogen) atoms. The molecule has 0 saturated carbocycles. The number of hydrogen-bond acceptors (Lipinski definition) is 4. The zero-order valence-corrected chi connectivity index (χ0v) is 18.5. The zero-order chi connectivity index (χ0) is 20.5. The van der Waals surface area contributed by atoms with Gasteiger partial charge in [0.2, 0.25) is 5.91 Å². The van der Waals surface area contributed by atoms with Gasteiger partial charge in [-0.2, -0.15) is 0 Å². The third-order valence-corrected chi connectivity index (χ3v) is 7.52. The van der Waals surface area contributed by atoms with Crippen molar-refractivity contribution < 1.29 is 9.59 Å². The highest BCUT2D eigenvalue weighted by Gasteiger charge is 2.21. The highest BCUT2D eigenvalue weighted by Crippen LogP contribution is 2.39. The number of nitrogens with one attached hydrogen (secondary N) is 1. The molecule has 0 aliphatic heterocycles. The quantitative estimate of drug-likeness (QED) is 0.366. The average Bonchev–Trinajstić information content (AvgIpc) is 3.26. The van der Waals surface area contributed by atoms with Crippen molar-refractivity contribution in [3.8, 4) is 0 Å². The molecule has 0 fully saturated rings. The van der Waals surface area contributed by atoms with Crippen LogP contribution < -0.4 is 5.32 Å². The summed E-state index contributed by atoms with van der Waals surface area (Å²) in [6.45, 7) is 2.18. The first-order valence-electron chi connectivity index (χ1n) is 8.92. The smallest absolute Gasteiger partial charge is 0.264 e. The number of fused-ring (bicyclic) bond motifs is 3. The summed E-state index contributed by atoms with van der Waals surface area (Å²) in [5, 5.41) is 4.57. The Bertz CT molecular complexity index is 1210. The summed E-state index contributed by atoms with van der Waals surface area (Å²) in [6, 6.07) is 15.1. The summed E-state index contributed by atoms with van der Waals surface area (Å²) < 4.78 is 3.40. The normalized spacial score (nSPS) is 11.1. The minimum absolute atomic E-state index is 0.0802. The second-order valence-corrected chi connectivity index (χ2v) is 9.32. The minimum atomic E-state index is -0.348. The molecule has 4 aromatic rings. The van der Waals surface area contributed by atoms with Crippen LogP contribution in [-0.2, 0) is 4.79 Å². The minimum Gasteiger partial charge on any atom is -0.329 e. The van der Waals surface area contributed by atoms with Crippen molar-refractivity contribution in [2.45, 2.75) is 6.92 Å². The largest absolute Gasteiger partial charge is 0.329 e. The first-order valence-corrected chi connectivity index (χ1v) is 11.3. The molecule has 0 spiro atoms. The summed E-state index contributed by atoms with van der Waals surface area (Å²) in [6.07, 6.45) is 0. The number of likely N-dealkylation sites (N-methyl/N-ethyl adjacent to an activating group) is 1. The number of carbonyl (C=O) groups excluding carboxylic acids is 2. The molecule has 0 aliphatic rings. The number of thiophene rings is 2. The lowest BCUT2D eigenvalue weighted by Gasteiger charge is -2.20. The third kappa shape index (κ3) is 3.98. The van der Waals surface area contributed by atoms with E-state index in [-0.39, 0.29) is 18.4 Å². The van der Waals surface area contributed by atoms with Gasteiger partial charge in [-0.25, -0.2) is 0 Å². The molecule has 0 aliphatic carbocycles. The second-order valence-electron chi connectivity index (χ2n) is 6.37. The summed E-state index contributed by atoms with van der Waals surface area (Å²) in [5.41, 5.74) is 0.354. The molecule has 148 valence electrons. The Kier molecular flexibility index (Phi) is 5.79. The molecular formula is C21H16Cl2N2O2S2. The molecule has 0 unspecified atom stereocenters. The van der Waals surface area contributed by atoms with E-state index in [1.807, 2.05) is 25.1 Å². The third-order valence-electron chi connectivity index (χ3n) is 4.49. The fourth-order valence-electron chi connectivity index (χ4n) is 3.06. The van der Waals surface area contributed by atoms with E-state index in [4.69, 9.17) is 23.2 Å². The zero-order valence-electron chi connectivity index (χ0n) is 15.4. The predicted octanol–water partition coefficient (Wildman–Crippen LogP) is 6.52.